The molecule has 0 fully saturated rings. The van der Waals surface area contributed by atoms with Gasteiger partial charge in [-0.2, -0.15) is 0 Å². The van der Waals surface area contributed by atoms with Crippen molar-refractivity contribution in [2.45, 2.75) is 25.3 Å². The molecule has 0 saturated heterocycles. The monoisotopic (exact) mass is 302 g/mol. The smallest absolute Gasteiger partial charge is 0.223 e. The van der Waals surface area contributed by atoms with Gasteiger partial charge in [-0.25, -0.2) is 9.97 Å². The second kappa shape index (κ2) is 6.16. The normalized spacial score (nSPS) is 16.6. The summed E-state index contributed by atoms with van der Waals surface area (Å²) in [6, 6.07) is 16.8. The molecule has 2 aromatic heterocycles. The minimum atomic E-state index is 0.379. The zero-order valence-electron chi connectivity index (χ0n) is 12.8. The Hall–Kier alpha value is -2.75. The van der Waals surface area contributed by atoms with Crippen molar-refractivity contribution < 1.29 is 0 Å². The molecule has 1 N–H and O–H groups in total. The van der Waals surface area contributed by atoms with E-state index in [-0.39, 0.29) is 0 Å². The molecule has 1 aliphatic rings. The number of benzene rings is 1. The Bertz CT molecular complexity index is 801. The zero-order chi connectivity index (χ0) is 15.5. The third-order valence-electron chi connectivity index (χ3n) is 4.26. The fourth-order valence-corrected chi connectivity index (χ4v) is 3.09. The van der Waals surface area contributed by atoms with Crippen LogP contribution in [0, 0.1) is 0 Å². The van der Waals surface area contributed by atoms with Crippen LogP contribution in [-0.2, 0) is 12.8 Å². The summed E-state index contributed by atoms with van der Waals surface area (Å²) in [6.07, 6.45) is 6.80. The van der Waals surface area contributed by atoms with Crippen LogP contribution >= 0.6 is 0 Å². The molecule has 1 aromatic carbocycles. The van der Waals surface area contributed by atoms with Crippen molar-refractivity contribution in [1.29, 1.82) is 0 Å². The summed E-state index contributed by atoms with van der Waals surface area (Å²) in [5.74, 6) is 0.678. The van der Waals surface area contributed by atoms with Crippen molar-refractivity contribution in [1.82, 2.24) is 15.0 Å². The molecule has 0 bridgehead atoms. The Morgan fingerprint density at radius 3 is 2.57 bits per heavy atom. The van der Waals surface area contributed by atoms with Gasteiger partial charge in [0.2, 0.25) is 5.95 Å². The standard InChI is InChI=1S/C19H18N4/c1-2-6-15-13-16(9-8-14(15)5-1)22-19-21-12-10-18(23-19)17-7-3-4-11-20-17/h1-7,10-12,16H,8-9,13H2,(H,21,22,23). The average Bonchev–Trinajstić information content (AvgIpc) is 2.63. The summed E-state index contributed by atoms with van der Waals surface area (Å²) in [5, 5.41) is 3.48. The molecule has 0 radical (unpaired) electrons. The molecular formula is C19H18N4. The SMILES string of the molecule is c1ccc(-c2ccnc(NC3CCc4ccccc4C3)n2)nc1. The molecule has 3 aromatic rings. The van der Waals surface area contributed by atoms with Gasteiger partial charge in [0.05, 0.1) is 11.4 Å². The lowest BCUT2D eigenvalue weighted by Gasteiger charge is -2.25. The zero-order valence-corrected chi connectivity index (χ0v) is 12.8. The van der Waals surface area contributed by atoms with Gasteiger partial charge in [-0.05, 0) is 48.6 Å². The minimum absolute atomic E-state index is 0.379. The number of anilines is 1. The summed E-state index contributed by atoms with van der Waals surface area (Å²) in [7, 11) is 0. The number of aryl methyl sites for hydroxylation is 1. The number of rotatable bonds is 3. The van der Waals surface area contributed by atoms with Crippen LogP contribution in [0.5, 0.6) is 0 Å². The second-order valence-electron chi connectivity index (χ2n) is 5.83. The first kappa shape index (κ1) is 13.9. The molecule has 0 amide bonds. The predicted octanol–water partition coefficient (Wildman–Crippen LogP) is 3.51. The first-order valence-electron chi connectivity index (χ1n) is 7.96. The highest BCUT2D eigenvalue weighted by Crippen LogP contribution is 2.23. The van der Waals surface area contributed by atoms with Crippen LogP contribution < -0.4 is 5.32 Å². The van der Waals surface area contributed by atoms with Gasteiger partial charge >= 0.3 is 0 Å². The van der Waals surface area contributed by atoms with Crippen LogP contribution in [0.1, 0.15) is 17.5 Å². The molecule has 2 heterocycles. The van der Waals surface area contributed by atoms with Gasteiger partial charge in [0.15, 0.2) is 0 Å². The van der Waals surface area contributed by atoms with Crippen molar-refractivity contribution in [3.63, 3.8) is 0 Å². The molecule has 114 valence electrons. The van der Waals surface area contributed by atoms with E-state index in [0.717, 1.165) is 30.7 Å². The van der Waals surface area contributed by atoms with E-state index in [1.54, 1.807) is 12.4 Å². The van der Waals surface area contributed by atoms with E-state index in [0.29, 0.717) is 12.0 Å². The third-order valence-corrected chi connectivity index (χ3v) is 4.26. The summed E-state index contributed by atoms with van der Waals surface area (Å²) in [6.45, 7) is 0. The minimum Gasteiger partial charge on any atom is -0.351 e. The largest absolute Gasteiger partial charge is 0.351 e. The van der Waals surface area contributed by atoms with E-state index in [1.165, 1.54) is 11.1 Å². The molecule has 0 saturated carbocycles. The van der Waals surface area contributed by atoms with E-state index in [9.17, 15) is 0 Å². The Morgan fingerprint density at radius 1 is 0.826 bits per heavy atom. The number of pyridine rings is 1. The summed E-state index contributed by atoms with van der Waals surface area (Å²) in [4.78, 5) is 13.3. The molecule has 23 heavy (non-hydrogen) atoms. The molecule has 4 rings (SSSR count). The highest BCUT2D eigenvalue weighted by molar-refractivity contribution is 5.54. The molecule has 0 spiro atoms. The lowest BCUT2D eigenvalue weighted by molar-refractivity contribution is 0.606. The van der Waals surface area contributed by atoms with E-state index in [1.807, 2.05) is 24.3 Å². The van der Waals surface area contributed by atoms with Crippen molar-refractivity contribution in [2.75, 3.05) is 5.32 Å². The first-order valence-corrected chi connectivity index (χ1v) is 7.96. The van der Waals surface area contributed by atoms with Crippen LogP contribution in [0.15, 0.2) is 60.9 Å². The Kier molecular flexibility index (Phi) is 3.72. The van der Waals surface area contributed by atoms with E-state index in [2.05, 4.69) is 44.5 Å². The van der Waals surface area contributed by atoms with Crippen molar-refractivity contribution in [3.8, 4) is 11.4 Å². The fourth-order valence-electron chi connectivity index (χ4n) is 3.09. The summed E-state index contributed by atoms with van der Waals surface area (Å²) >= 11 is 0. The van der Waals surface area contributed by atoms with Gasteiger partial charge in [-0.15, -0.1) is 0 Å². The van der Waals surface area contributed by atoms with Crippen LogP contribution in [0.25, 0.3) is 11.4 Å². The average molecular weight is 302 g/mol. The van der Waals surface area contributed by atoms with Crippen LogP contribution in [-0.4, -0.2) is 21.0 Å². The van der Waals surface area contributed by atoms with Gasteiger partial charge in [0.25, 0.3) is 0 Å². The Morgan fingerprint density at radius 2 is 1.70 bits per heavy atom. The highest BCUT2D eigenvalue weighted by atomic mass is 15.1. The quantitative estimate of drug-likeness (QED) is 0.804. The number of fused-ring (bicyclic) bond motifs is 1. The van der Waals surface area contributed by atoms with Gasteiger partial charge in [-0.3, -0.25) is 4.98 Å². The van der Waals surface area contributed by atoms with Crippen molar-refractivity contribution >= 4 is 5.95 Å². The predicted molar refractivity (Wildman–Crippen MR) is 91.1 cm³/mol. The maximum Gasteiger partial charge on any atom is 0.223 e. The molecule has 4 heteroatoms. The number of aromatic nitrogens is 3. The highest BCUT2D eigenvalue weighted by Gasteiger charge is 2.18. The number of nitrogens with zero attached hydrogens (tertiary/aromatic N) is 3. The maximum absolute atomic E-state index is 4.61. The van der Waals surface area contributed by atoms with Crippen molar-refractivity contribution in [2.24, 2.45) is 0 Å². The summed E-state index contributed by atoms with van der Waals surface area (Å²) < 4.78 is 0. The first-order chi connectivity index (χ1) is 11.4. The maximum atomic E-state index is 4.61. The van der Waals surface area contributed by atoms with Crippen LogP contribution in [0.4, 0.5) is 5.95 Å². The van der Waals surface area contributed by atoms with Crippen LogP contribution in [0.3, 0.4) is 0 Å². The van der Waals surface area contributed by atoms with Crippen molar-refractivity contribution in [3.05, 3.63) is 72.1 Å². The number of hydrogen-bond acceptors (Lipinski definition) is 4. The van der Waals surface area contributed by atoms with E-state index < -0.39 is 0 Å². The van der Waals surface area contributed by atoms with Gasteiger partial charge in [0.1, 0.15) is 0 Å². The summed E-state index contributed by atoms with van der Waals surface area (Å²) in [5.41, 5.74) is 4.61. The van der Waals surface area contributed by atoms with E-state index >= 15 is 0 Å². The topological polar surface area (TPSA) is 50.7 Å². The number of nitrogens with one attached hydrogen (secondary N) is 1. The second-order valence-corrected chi connectivity index (χ2v) is 5.83. The molecule has 4 nitrogen and oxygen atoms in total. The lowest BCUT2D eigenvalue weighted by Crippen LogP contribution is -2.28. The Balaban J connectivity index is 1.52. The van der Waals surface area contributed by atoms with Gasteiger partial charge in [-0.1, -0.05) is 30.3 Å². The third kappa shape index (κ3) is 3.06. The lowest BCUT2D eigenvalue weighted by atomic mass is 9.88. The van der Waals surface area contributed by atoms with E-state index in [4.69, 9.17) is 0 Å². The molecule has 1 unspecified atom stereocenters. The number of hydrogen-bond donors (Lipinski definition) is 1. The molecule has 0 aliphatic heterocycles. The molecular weight excluding hydrogens is 284 g/mol. The van der Waals surface area contributed by atoms with Gasteiger partial charge in [0, 0.05) is 18.4 Å². The van der Waals surface area contributed by atoms with Gasteiger partial charge < -0.3 is 5.32 Å². The van der Waals surface area contributed by atoms with Crippen LogP contribution in [0.2, 0.25) is 0 Å². The fraction of sp³-hybridized carbons (Fsp3) is 0.211. The molecule has 1 atom stereocenters. The molecule has 1 aliphatic carbocycles. The Labute approximate surface area is 135 Å².